The van der Waals surface area contributed by atoms with E-state index < -0.39 is 42.6 Å². The van der Waals surface area contributed by atoms with E-state index >= 15 is 0 Å². The summed E-state index contributed by atoms with van der Waals surface area (Å²) in [6.45, 7) is -0.632. The number of likely N-dealkylation sites (N-methyl/N-ethyl adjacent to an activating group) is 1. The van der Waals surface area contributed by atoms with Crippen LogP contribution < -0.4 is 16.0 Å². The van der Waals surface area contributed by atoms with Crippen molar-refractivity contribution < 1.29 is 24.3 Å². The van der Waals surface area contributed by atoms with Gasteiger partial charge in [0.25, 0.3) is 5.91 Å². The molecular formula is C27H33N5O5S2. The van der Waals surface area contributed by atoms with Crippen LogP contribution in [-0.2, 0) is 19.2 Å². The number of thiol groups is 1. The Morgan fingerprint density at radius 1 is 1.18 bits per heavy atom. The summed E-state index contributed by atoms with van der Waals surface area (Å²) in [6.07, 6.45) is 0.926. The number of carbonyl (C=O) groups excluding carboxylic acids is 3. The largest absolute Gasteiger partial charge is 0.480 e. The first-order chi connectivity index (χ1) is 18.7. The molecule has 0 aliphatic carbocycles. The van der Waals surface area contributed by atoms with Gasteiger partial charge in [0.2, 0.25) is 5.91 Å². The van der Waals surface area contributed by atoms with Crippen LogP contribution in [0.2, 0.25) is 0 Å². The molecule has 12 heteroatoms. The van der Waals surface area contributed by atoms with Gasteiger partial charge in [-0.1, -0.05) is 48.5 Å². The summed E-state index contributed by atoms with van der Waals surface area (Å²) in [4.78, 5) is 58.7. The van der Waals surface area contributed by atoms with Gasteiger partial charge in [-0.05, 0) is 24.5 Å². The minimum Gasteiger partial charge on any atom is -0.480 e. The van der Waals surface area contributed by atoms with E-state index in [-0.39, 0.29) is 24.5 Å². The summed E-state index contributed by atoms with van der Waals surface area (Å²) in [5, 5.41) is 12.6. The zero-order chi connectivity index (χ0) is 28.5. The molecule has 3 unspecified atom stereocenters. The lowest BCUT2D eigenvalue weighted by atomic mass is 10.0. The van der Waals surface area contributed by atoms with Crippen molar-refractivity contribution in [1.29, 1.82) is 0 Å². The number of amides is 2. The molecule has 1 aliphatic rings. The maximum absolute atomic E-state index is 13.9. The molecule has 0 saturated heterocycles. The van der Waals surface area contributed by atoms with Crippen LogP contribution in [0.3, 0.4) is 0 Å². The molecule has 2 amide bonds. The van der Waals surface area contributed by atoms with Crippen molar-refractivity contribution in [3.8, 4) is 0 Å². The molecule has 208 valence electrons. The number of para-hydroxylation sites is 1. The van der Waals surface area contributed by atoms with Crippen molar-refractivity contribution in [2.75, 3.05) is 42.8 Å². The Kier molecular flexibility index (Phi) is 11.1. The molecule has 0 spiro atoms. The summed E-state index contributed by atoms with van der Waals surface area (Å²) in [5.74, 6) is -1.84. The fourth-order valence-corrected chi connectivity index (χ4v) is 4.78. The Morgan fingerprint density at radius 2 is 1.85 bits per heavy atom. The lowest BCUT2D eigenvalue weighted by Gasteiger charge is -2.30. The second-order valence-electron chi connectivity index (χ2n) is 8.96. The van der Waals surface area contributed by atoms with Crippen molar-refractivity contribution in [2.45, 2.75) is 24.7 Å². The quantitative estimate of drug-likeness (QED) is 0.263. The molecule has 3 rings (SSSR count). The van der Waals surface area contributed by atoms with Crippen molar-refractivity contribution in [2.24, 2.45) is 10.7 Å². The van der Waals surface area contributed by atoms with Gasteiger partial charge >= 0.3 is 5.97 Å². The molecule has 10 nitrogen and oxygen atoms in total. The molecule has 3 atom stereocenters. The third-order valence-corrected chi connectivity index (χ3v) is 7.41. The van der Waals surface area contributed by atoms with Gasteiger partial charge in [-0.25, -0.2) is 4.79 Å². The second-order valence-corrected chi connectivity index (χ2v) is 10.3. The normalized spacial score (nSPS) is 16.5. The molecule has 0 bridgehead atoms. The summed E-state index contributed by atoms with van der Waals surface area (Å²) in [6, 6.07) is 14.5. The number of thioether (sulfide) groups is 1. The standard InChI is InChI=1S/C27H33N5O5S2/c1-31(21(27(36)37)12-13-39-2)23(34)15-32-20-11-7-6-10-18(20)24(17-8-4-3-5-9-17)30-25(26(32)35)29-14-22(33)19(28)16-38/h3-11,19,21,25,29,38H,12-16,28H2,1-2H3,(H,36,37). The van der Waals surface area contributed by atoms with E-state index in [2.05, 4.69) is 17.9 Å². The number of benzodiazepines with no additional fused rings is 1. The molecule has 0 aromatic heterocycles. The van der Waals surface area contributed by atoms with Crippen LogP contribution in [0, 0.1) is 0 Å². The average Bonchev–Trinajstić information content (AvgIpc) is 3.06. The first-order valence-corrected chi connectivity index (χ1v) is 14.4. The van der Waals surface area contributed by atoms with E-state index in [4.69, 9.17) is 10.7 Å². The number of nitrogens with zero attached hydrogens (tertiary/aromatic N) is 3. The van der Waals surface area contributed by atoms with Gasteiger partial charge in [0, 0.05) is 23.9 Å². The highest BCUT2D eigenvalue weighted by molar-refractivity contribution is 7.98. The van der Waals surface area contributed by atoms with Gasteiger partial charge < -0.3 is 15.7 Å². The van der Waals surface area contributed by atoms with Gasteiger partial charge in [-0.2, -0.15) is 24.4 Å². The number of rotatable bonds is 13. The minimum atomic E-state index is -1.20. The van der Waals surface area contributed by atoms with Crippen LogP contribution in [0.1, 0.15) is 17.5 Å². The van der Waals surface area contributed by atoms with Crippen molar-refractivity contribution in [3.05, 3.63) is 65.7 Å². The molecule has 0 radical (unpaired) electrons. The molecule has 2 aromatic rings. The number of nitrogens with one attached hydrogen (secondary N) is 1. The number of ketones is 1. The van der Waals surface area contributed by atoms with E-state index in [1.807, 2.05) is 36.6 Å². The van der Waals surface area contributed by atoms with Crippen LogP contribution in [0.25, 0.3) is 0 Å². The maximum atomic E-state index is 13.9. The Hall–Kier alpha value is -3.19. The highest BCUT2D eigenvalue weighted by Crippen LogP contribution is 2.28. The van der Waals surface area contributed by atoms with Crippen molar-refractivity contribution in [1.82, 2.24) is 10.2 Å². The predicted octanol–water partition coefficient (Wildman–Crippen LogP) is 1.28. The molecule has 1 aliphatic heterocycles. The Bertz CT molecular complexity index is 1230. The molecule has 4 N–H and O–H groups in total. The van der Waals surface area contributed by atoms with E-state index in [1.165, 1.54) is 23.7 Å². The Labute approximate surface area is 237 Å². The first-order valence-electron chi connectivity index (χ1n) is 12.3. The van der Waals surface area contributed by atoms with Crippen LogP contribution >= 0.6 is 24.4 Å². The summed E-state index contributed by atoms with van der Waals surface area (Å²) in [5.41, 5.74) is 8.13. The monoisotopic (exact) mass is 571 g/mol. The number of fused-ring (bicyclic) bond motifs is 1. The van der Waals surface area contributed by atoms with Crippen molar-refractivity contribution >= 4 is 59.4 Å². The zero-order valence-corrected chi connectivity index (χ0v) is 23.5. The topological polar surface area (TPSA) is 145 Å². The SMILES string of the molecule is CSCCC(C(=O)O)N(C)C(=O)CN1C(=O)C(NCC(=O)C(N)CS)N=C(c2ccccc2)c2ccccc21. The number of benzene rings is 2. The van der Waals surface area contributed by atoms with Gasteiger partial charge in [-0.15, -0.1) is 0 Å². The van der Waals surface area contributed by atoms with Gasteiger partial charge in [-0.3, -0.25) is 29.6 Å². The number of Topliss-reactive ketones (excluding diaryl/α,β-unsaturated/α-hetero) is 1. The van der Waals surface area contributed by atoms with Crippen LogP contribution in [0.4, 0.5) is 5.69 Å². The number of aliphatic imine (C=N–C) groups is 1. The average molecular weight is 572 g/mol. The minimum absolute atomic E-state index is 0.150. The first kappa shape index (κ1) is 30.4. The molecule has 1 heterocycles. The smallest absolute Gasteiger partial charge is 0.326 e. The maximum Gasteiger partial charge on any atom is 0.326 e. The van der Waals surface area contributed by atoms with E-state index in [9.17, 15) is 24.3 Å². The second kappa shape index (κ2) is 14.3. The molecule has 0 saturated carbocycles. The van der Waals surface area contributed by atoms with Crippen LogP contribution in [0.5, 0.6) is 0 Å². The number of anilines is 1. The number of nitrogens with two attached hydrogens (primary N) is 1. The lowest BCUT2D eigenvalue weighted by Crippen LogP contribution is -2.52. The van der Waals surface area contributed by atoms with Crippen LogP contribution in [0.15, 0.2) is 59.6 Å². The summed E-state index contributed by atoms with van der Waals surface area (Å²) in [7, 11) is 1.43. The number of carbonyl (C=O) groups is 4. The van der Waals surface area contributed by atoms with Crippen molar-refractivity contribution in [3.63, 3.8) is 0 Å². The van der Waals surface area contributed by atoms with E-state index in [0.717, 1.165) is 10.5 Å². The Balaban J connectivity index is 2.02. The fraction of sp³-hybridized carbons (Fsp3) is 0.370. The van der Waals surface area contributed by atoms with Gasteiger partial charge in [0.15, 0.2) is 11.9 Å². The number of carboxylic acids is 1. The van der Waals surface area contributed by atoms with E-state index in [1.54, 1.807) is 24.3 Å². The number of aliphatic carboxylic acids is 1. The molecule has 2 aromatic carbocycles. The summed E-state index contributed by atoms with van der Waals surface area (Å²) >= 11 is 5.55. The fourth-order valence-electron chi connectivity index (χ4n) is 4.11. The van der Waals surface area contributed by atoms with Gasteiger partial charge in [0.1, 0.15) is 12.6 Å². The highest BCUT2D eigenvalue weighted by Gasteiger charge is 2.35. The Morgan fingerprint density at radius 3 is 2.49 bits per heavy atom. The van der Waals surface area contributed by atoms with Crippen LogP contribution in [-0.4, -0.2) is 95.4 Å². The van der Waals surface area contributed by atoms with Gasteiger partial charge in [0.05, 0.1) is 24.0 Å². The predicted molar refractivity (Wildman–Crippen MR) is 157 cm³/mol. The number of hydrogen-bond acceptors (Lipinski definition) is 9. The van der Waals surface area contributed by atoms with E-state index in [0.29, 0.717) is 22.7 Å². The third kappa shape index (κ3) is 7.47. The number of hydrogen-bond donors (Lipinski definition) is 4. The molecule has 0 fully saturated rings. The molecule has 39 heavy (non-hydrogen) atoms. The third-order valence-electron chi connectivity index (χ3n) is 6.37. The lowest BCUT2D eigenvalue weighted by molar-refractivity contribution is -0.148. The zero-order valence-electron chi connectivity index (χ0n) is 21.8. The summed E-state index contributed by atoms with van der Waals surface area (Å²) < 4.78 is 0. The number of carboxylic acid groups (broad SMARTS) is 1. The highest BCUT2D eigenvalue weighted by atomic mass is 32.2. The molecular weight excluding hydrogens is 538 g/mol.